The number of halogens is 1. The lowest BCUT2D eigenvalue weighted by molar-refractivity contribution is -0.0229. The van der Waals surface area contributed by atoms with Gasteiger partial charge in [0, 0.05) is 23.8 Å². The van der Waals surface area contributed by atoms with E-state index in [4.69, 9.17) is 16.3 Å². The zero-order valence-electron chi connectivity index (χ0n) is 15.3. The molecule has 5 nitrogen and oxygen atoms in total. The third kappa shape index (κ3) is 3.55. The van der Waals surface area contributed by atoms with E-state index in [9.17, 15) is 9.59 Å². The fourth-order valence-electron chi connectivity index (χ4n) is 3.45. The maximum Gasteiger partial charge on any atom is 0.263 e. The van der Waals surface area contributed by atoms with E-state index in [1.54, 1.807) is 9.47 Å². The Labute approximate surface area is 158 Å². The molecule has 0 saturated carbocycles. The number of ether oxygens (including phenoxy) is 1. The number of morpholine rings is 1. The fourth-order valence-corrected chi connectivity index (χ4v) is 3.58. The molecular weight excluding hydrogens is 352 g/mol. The van der Waals surface area contributed by atoms with Crippen LogP contribution in [0.3, 0.4) is 0 Å². The molecule has 3 rings (SSSR count). The molecule has 1 aliphatic rings. The molecule has 1 saturated heterocycles. The van der Waals surface area contributed by atoms with Crippen molar-refractivity contribution in [2.24, 2.45) is 0 Å². The summed E-state index contributed by atoms with van der Waals surface area (Å²) in [5, 5.41) is 0.660. The summed E-state index contributed by atoms with van der Waals surface area (Å²) in [6.45, 7) is 7.48. The van der Waals surface area contributed by atoms with Crippen molar-refractivity contribution >= 4 is 17.5 Å². The molecule has 1 unspecified atom stereocenters. The Morgan fingerprint density at radius 1 is 1.27 bits per heavy atom. The molecule has 2 heterocycles. The monoisotopic (exact) mass is 374 g/mol. The second-order valence-electron chi connectivity index (χ2n) is 6.56. The van der Waals surface area contributed by atoms with Crippen LogP contribution in [-0.4, -0.2) is 35.1 Å². The summed E-state index contributed by atoms with van der Waals surface area (Å²) in [7, 11) is 0. The maximum atomic E-state index is 13.1. The number of pyridine rings is 1. The van der Waals surface area contributed by atoms with Crippen LogP contribution in [0.2, 0.25) is 5.02 Å². The number of aromatic nitrogens is 1. The van der Waals surface area contributed by atoms with Gasteiger partial charge in [0.15, 0.2) is 0 Å². The van der Waals surface area contributed by atoms with Crippen molar-refractivity contribution in [2.45, 2.75) is 33.4 Å². The lowest BCUT2D eigenvalue weighted by atomic mass is 10.1. The molecule has 0 aliphatic carbocycles. The van der Waals surface area contributed by atoms with Gasteiger partial charge in [-0.1, -0.05) is 23.7 Å². The fraction of sp³-hybridized carbons (Fsp3) is 0.400. The number of carbonyl (C=O) groups is 1. The summed E-state index contributed by atoms with van der Waals surface area (Å²) in [4.78, 5) is 27.6. The molecular formula is C20H23ClN2O3. The van der Waals surface area contributed by atoms with Crippen LogP contribution in [0.1, 0.15) is 40.2 Å². The predicted octanol–water partition coefficient (Wildman–Crippen LogP) is 3.35. The van der Waals surface area contributed by atoms with E-state index in [-0.39, 0.29) is 23.1 Å². The van der Waals surface area contributed by atoms with Gasteiger partial charge in [0.2, 0.25) is 0 Å². The van der Waals surface area contributed by atoms with Gasteiger partial charge in [-0.15, -0.1) is 0 Å². The summed E-state index contributed by atoms with van der Waals surface area (Å²) in [5.74, 6) is -0.225. The van der Waals surface area contributed by atoms with Crippen LogP contribution in [0.5, 0.6) is 0 Å². The molecule has 1 amide bonds. The molecule has 6 heteroatoms. The smallest absolute Gasteiger partial charge is 0.263 e. The zero-order valence-corrected chi connectivity index (χ0v) is 16.0. The number of carbonyl (C=O) groups excluding carboxylic acids is 1. The highest BCUT2D eigenvalue weighted by Crippen LogP contribution is 2.24. The summed E-state index contributed by atoms with van der Waals surface area (Å²) in [6.07, 6.45) is -0.218. The molecule has 1 aromatic heterocycles. The van der Waals surface area contributed by atoms with Crippen LogP contribution in [-0.2, 0) is 11.3 Å². The molecule has 1 atom stereocenters. The predicted molar refractivity (Wildman–Crippen MR) is 102 cm³/mol. The molecule has 1 aromatic carbocycles. The van der Waals surface area contributed by atoms with Crippen molar-refractivity contribution in [3.8, 4) is 0 Å². The normalized spacial score (nSPS) is 17.4. The largest absolute Gasteiger partial charge is 0.370 e. The molecule has 138 valence electrons. The second kappa shape index (κ2) is 7.64. The third-order valence-corrected chi connectivity index (χ3v) is 5.08. The number of amides is 1. The minimum Gasteiger partial charge on any atom is -0.370 e. The molecule has 26 heavy (non-hydrogen) atoms. The summed E-state index contributed by atoms with van der Waals surface area (Å²) in [6, 6.07) is 9.33. The van der Waals surface area contributed by atoms with Crippen LogP contribution >= 0.6 is 11.6 Å². The Bertz CT molecular complexity index is 874. The van der Waals surface area contributed by atoms with E-state index in [0.29, 0.717) is 31.3 Å². The summed E-state index contributed by atoms with van der Waals surface area (Å²) < 4.78 is 7.46. The van der Waals surface area contributed by atoms with Gasteiger partial charge in [0.05, 0.1) is 13.2 Å². The number of hydrogen-bond donors (Lipinski definition) is 0. The van der Waals surface area contributed by atoms with E-state index < -0.39 is 0 Å². The first-order chi connectivity index (χ1) is 12.4. The first-order valence-corrected chi connectivity index (χ1v) is 9.17. The molecule has 0 spiro atoms. The Balaban J connectivity index is 1.88. The van der Waals surface area contributed by atoms with Gasteiger partial charge in [-0.2, -0.15) is 0 Å². The Morgan fingerprint density at radius 2 is 1.96 bits per heavy atom. The van der Waals surface area contributed by atoms with Crippen molar-refractivity contribution in [3.05, 3.63) is 68.1 Å². The average molecular weight is 375 g/mol. The molecule has 0 radical (unpaired) electrons. The molecule has 2 aromatic rings. The van der Waals surface area contributed by atoms with Gasteiger partial charge in [0.1, 0.15) is 11.7 Å². The van der Waals surface area contributed by atoms with Crippen molar-refractivity contribution in [1.82, 2.24) is 9.47 Å². The van der Waals surface area contributed by atoms with Gasteiger partial charge in [-0.3, -0.25) is 9.59 Å². The van der Waals surface area contributed by atoms with Crippen molar-refractivity contribution in [2.75, 3.05) is 19.7 Å². The van der Waals surface area contributed by atoms with E-state index >= 15 is 0 Å². The average Bonchev–Trinajstić information content (AvgIpc) is 2.62. The number of aryl methyl sites for hydroxylation is 2. The van der Waals surface area contributed by atoms with Crippen LogP contribution in [0, 0.1) is 13.8 Å². The van der Waals surface area contributed by atoms with E-state index in [0.717, 1.165) is 16.8 Å². The standard InChI is InChI=1S/C20H23ClN2O3/c1-4-23-14(3)11-13(2)18(20(23)25)19(24)22-9-10-26-17(12-22)15-5-7-16(21)8-6-15/h5-8,11,17H,4,9-10,12H2,1-3H3. The van der Waals surface area contributed by atoms with Crippen molar-refractivity contribution < 1.29 is 9.53 Å². The quantitative estimate of drug-likeness (QED) is 0.827. The highest BCUT2D eigenvalue weighted by Gasteiger charge is 2.29. The number of hydrogen-bond acceptors (Lipinski definition) is 3. The zero-order chi connectivity index (χ0) is 18.8. The topological polar surface area (TPSA) is 51.5 Å². The van der Waals surface area contributed by atoms with Gasteiger partial charge >= 0.3 is 0 Å². The van der Waals surface area contributed by atoms with Crippen LogP contribution in [0.4, 0.5) is 0 Å². The molecule has 1 aliphatic heterocycles. The van der Waals surface area contributed by atoms with E-state index in [1.165, 1.54) is 0 Å². The maximum absolute atomic E-state index is 13.1. The SMILES string of the molecule is CCn1c(C)cc(C)c(C(=O)N2CCOC(c3ccc(Cl)cc3)C2)c1=O. The number of nitrogens with zero attached hydrogens (tertiary/aromatic N) is 2. The van der Waals surface area contributed by atoms with E-state index in [2.05, 4.69) is 0 Å². The number of rotatable bonds is 3. The van der Waals surface area contributed by atoms with Crippen LogP contribution in [0.25, 0.3) is 0 Å². The molecule has 1 fully saturated rings. The van der Waals surface area contributed by atoms with Crippen LogP contribution < -0.4 is 5.56 Å². The lowest BCUT2D eigenvalue weighted by Gasteiger charge is -2.33. The number of benzene rings is 1. The lowest BCUT2D eigenvalue weighted by Crippen LogP contribution is -2.45. The second-order valence-corrected chi connectivity index (χ2v) is 6.99. The van der Waals surface area contributed by atoms with Gasteiger partial charge in [0.25, 0.3) is 11.5 Å². The Morgan fingerprint density at radius 3 is 2.62 bits per heavy atom. The van der Waals surface area contributed by atoms with Crippen molar-refractivity contribution in [3.63, 3.8) is 0 Å². The minimum atomic E-state index is -0.225. The van der Waals surface area contributed by atoms with Crippen LogP contribution in [0.15, 0.2) is 35.1 Å². The highest BCUT2D eigenvalue weighted by atomic mass is 35.5. The van der Waals surface area contributed by atoms with Gasteiger partial charge in [-0.05, 0) is 50.1 Å². The van der Waals surface area contributed by atoms with Gasteiger partial charge in [-0.25, -0.2) is 0 Å². The van der Waals surface area contributed by atoms with Gasteiger partial charge < -0.3 is 14.2 Å². The highest BCUT2D eigenvalue weighted by molar-refractivity contribution is 6.30. The first-order valence-electron chi connectivity index (χ1n) is 8.79. The molecule has 0 N–H and O–H groups in total. The first kappa shape index (κ1) is 18.7. The Kier molecular flexibility index (Phi) is 5.49. The third-order valence-electron chi connectivity index (χ3n) is 4.83. The minimum absolute atomic E-state index is 0.218. The summed E-state index contributed by atoms with van der Waals surface area (Å²) in [5.41, 5.74) is 2.60. The summed E-state index contributed by atoms with van der Waals surface area (Å²) >= 11 is 5.94. The van der Waals surface area contributed by atoms with Crippen molar-refractivity contribution in [1.29, 1.82) is 0 Å². The van der Waals surface area contributed by atoms with E-state index in [1.807, 2.05) is 51.1 Å². The molecule has 0 bridgehead atoms. The Hall–Kier alpha value is -2.11.